The van der Waals surface area contributed by atoms with Gasteiger partial charge in [0.05, 0.1) is 11.6 Å². The highest BCUT2D eigenvalue weighted by atomic mass is 16.3. The van der Waals surface area contributed by atoms with Crippen LogP contribution < -0.4 is 9.80 Å². The van der Waals surface area contributed by atoms with Crippen molar-refractivity contribution in [1.82, 2.24) is 0 Å². The Morgan fingerprint density at radius 3 is 2.19 bits per heavy atom. The van der Waals surface area contributed by atoms with Gasteiger partial charge in [-0.2, -0.15) is 0 Å². The van der Waals surface area contributed by atoms with E-state index in [1.807, 2.05) is 86.6 Å². The number of aliphatic hydroxyl groups excluding tert-OH is 1. The number of nitrogens with zero attached hydrogens (tertiary/aromatic N) is 2. The average molecular weight is 483 g/mol. The maximum Gasteiger partial charge on any atom is 0.294 e. The topological polar surface area (TPSA) is 60.9 Å². The van der Waals surface area contributed by atoms with Crippen molar-refractivity contribution in [2.75, 3.05) is 22.9 Å². The number of rotatable bonds is 9. The van der Waals surface area contributed by atoms with Crippen LogP contribution in [-0.2, 0) is 16.0 Å². The number of Topliss-reactive ketones (excluding diaryl/α,β-unsaturated/α-hetero) is 1. The number of ketones is 1. The Labute approximate surface area is 213 Å². The van der Waals surface area contributed by atoms with Crippen LogP contribution in [0.5, 0.6) is 0 Å². The molecule has 0 fully saturated rings. The molecule has 0 radical (unpaired) electrons. The number of hydrogen-bond acceptors (Lipinski definition) is 4. The van der Waals surface area contributed by atoms with Crippen molar-refractivity contribution < 1.29 is 14.7 Å². The first-order chi connectivity index (χ1) is 17.3. The fourth-order valence-corrected chi connectivity index (χ4v) is 4.84. The predicted molar refractivity (Wildman–Crippen MR) is 146 cm³/mol. The minimum atomic E-state index is -0.686. The number of benzene rings is 3. The molecule has 186 valence electrons. The third-order valence-corrected chi connectivity index (χ3v) is 7.10. The number of hydrogen-bond donors (Lipinski definition) is 1. The molecule has 1 heterocycles. The first-order valence-corrected chi connectivity index (χ1v) is 12.6. The molecule has 36 heavy (non-hydrogen) atoms. The Kier molecular flexibility index (Phi) is 7.58. The molecular weight excluding hydrogens is 448 g/mol. The van der Waals surface area contributed by atoms with Crippen molar-refractivity contribution in [1.29, 1.82) is 0 Å². The van der Waals surface area contributed by atoms with E-state index < -0.39 is 17.7 Å². The van der Waals surface area contributed by atoms with Gasteiger partial charge in [0.2, 0.25) is 0 Å². The van der Waals surface area contributed by atoms with Gasteiger partial charge in [0, 0.05) is 30.9 Å². The van der Waals surface area contributed by atoms with E-state index in [9.17, 15) is 14.7 Å². The van der Waals surface area contributed by atoms with Gasteiger partial charge >= 0.3 is 0 Å². The molecule has 1 aliphatic rings. The second kappa shape index (κ2) is 10.8. The van der Waals surface area contributed by atoms with E-state index in [-0.39, 0.29) is 17.8 Å². The van der Waals surface area contributed by atoms with E-state index >= 15 is 0 Å². The molecular formula is C31H34N2O3. The second-order valence-electron chi connectivity index (χ2n) is 9.28. The highest BCUT2D eigenvalue weighted by Crippen LogP contribution is 2.42. The lowest BCUT2D eigenvalue weighted by molar-refractivity contribution is -0.118. The standard InChI is InChI=1S/C31H34N2O3/c1-5-32(6-2)25-17-14-24(15-18-25)29-28(27(34)19-13-23-10-8-7-9-11-23)30(35)31(36)33(29)26-16-12-21(3)22(4)20-26/h7-12,14-18,20,29,35H,5-6,13,19H2,1-4H3. The lowest BCUT2D eigenvalue weighted by atomic mass is 9.92. The molecule has 0 spiro atoms. The first-order valence-electron chi connectivity index (χ1n) is 12.6. The zero-order valence-electron chi connectivity index (χ0n) is 21.5. The van der Waals surface area contributed by atoms with E-state index in [0.717, 1.165) is 41.0 Å². The molecule has 5 heteroatoms. The van der Waals surface area contributed by atoms with Crippen molar-refractivity contribution in [3.8, 4) is 0 Å². The lowest BCUT2D eigenvalue weighted by Gasteiger charge is -2.28. The third-order valence-electron chi connectivity index (χ3n) is 7.10. The summed E-state index contributed by atoms with van der Waals surface area (Å²) in [5.74, 6) is -1.21. The SMILES string of the molecule is CCN(CC)c1ccc(C2C(C(=O)CCc3ccccc3)=C(O)C(=O)N2c2ccc(C)c(C)c2)cc1. The van der Waals surface area contributed by atoms with Crippen LogP contribution in [0.15, 0.2) is 84.1 Å². The van der Waals surface area contributed by atoms with Crippen LogP contribution in [0.2, 0.25) is 0 Å². The Balaban J connectivity index is 1.74. The van der Waals surface area contributed by atoms with Crippen LogP contribution >= 0.6 is 0 Å². The molecule has 1 N–H and O–H groups in total. The number of aryl methyl sites for hydroxylation is 3. The van der Waals surface area contributed by atoms with Crippen molar-refractivity contribution in [3.63, 3.8) is 0 Å². The van der Waals surface area contributed by atoms with Crippen LogP contribution in [0, 0.1) is 13.8 Å². The van der Waals surface area contributed by atoms with Crippen LogP contribution in [0.3, 0.4) is 0 Å². The monoisotopic (exact) mass is 482 g/mol. The van der Waals surface area contributed by atoms with Gasteiger partial charge in [-0.3, -0.25) is 14.5 Å². The number of aliphatic hydroxyl groups is 1. The van der Waals surface area contributed by atoms with E-state index in [4.69, 9.17) is 0 Å². The summed E-state index contributed by atoms with van der Waals surface area (Å²) < 4.78 is 0. The molecule has 0 bridgehead atoms. The largest absolute Gasteiger partial charge is 0.503 e. The first kappa shape index (κ1) is 25.2. The van der Waals surface area contributed by atoms with Gasteiger partial charge in [-0.15, -0.1) is 0 Å². The number of carbonyl (C=O) groups is 2. The van der Waals surface area contributed by atoms with E-state index in [1.165, 1.54) is 0 Å². The van der Waals surface area contributed by atoms with Gasteiger partial charge in [0.15, 0.2) is 11.5 Å². The Bertz CT molecular complexity index is 1270. The van der Waals surface area contributed by atoms with Crippen molar-refractivity contribution in [2.45, 2.75) is 46.6 Å². The summed E-state index contributed by atoms with van der Waals surface area (Å²) in [6, 6.07) is 22.8. The number of carbonyl (C=O) groups excluding carboxylic acids is 2. The fourth-order valence-electron chi connectivity index (χ4n) is 4.84. The molecule has 3 aromatic rings. The van der Waals surface area contributed by atoms with E-state index in [2.05, 4.69) is 18.7 Å². The summed E-state index contributed by atoms with van der Waals surface area (Å²) >= 11 is 0. The zero-order chi connectivity index (χ0) is 25.8. The molecule has 1 aliphatic heterocycles. The van der Waals surface area contributed by atoms with Crippen molar-refractivity contribution >= 4 is 23.1 Å². The minimum absolute atomic E-state index is 0.171. The van der Waals surface area contributed by atoms with E-state index in [0.29, 0.717) is 12.1 Å². The molecule has 3 aromatic carbocycles. The van der Waals surface area contributed by atoms with Gasteiger partial charge in [-0.25, -0.2) is 0 Å². The van der Waals surface area contributed by atoms with Crippen LogP contribution in [-0.4, -0.2) is 29.9 Å². The zero-order valence-corrected chi connectivity index (χ0v) is 21.5. The summed E-state index contributed by atoms with van der Waals surface area (Å²) in [4.78, 5) is 30.7. The fraction of sp³-hybridized carbons (Fsp3) is 0.290. The van der Waals surface area contributed by atoms with Crippen molar-refractivity contribution in [2.24, 2.45) is 0 Å². The third kappa shape index (κ3) is 4.92. The average Bonchev–Trinajstić information content (AvgIpc) is 3.16. The maximum atomic E-state index is 13.5. The molecule has 0 aliphatic carbocycles. The van der Waals surface area contributed by atoms with Crippen LogP contribution in [0.1, 0.15) is 48.6 Å². The Morgan fingerprint density at radius 2 is 1.58 bits per heavy atom. The number of anilines is 2. The van der Waals surface area contributed by atoms with Gasteiger partial charge in [-0.05, 0) is 80.6 Å². The van der Waals surface area contributed by atoms with E-state index in [1.54, 1.807) is 4.90 Å². The summed E-state index contributed by atoms with van der Waals surface area (Å²) in [7, 11) is 0. The quantitative estimate of drug-likeness (QED) is 0.392. The molecule has 4 rings (SSSR count). The van der Waals surface area contributed by atoms with Gasteiger partial charge in [0.25, 0.3) is 5.91 Å². The van der Waals surface area contributed by atoms with Crippen LogP contribution in [0.25, 0.3) is 0 Å². The molecule has 0 aromatic heterocycles. The summed E-state index contributed by atoms with van der Waals surface area (Å²) in [5, 5.41) is 11.0. The normalized spacial score (nSPS) is 15.5. The van der Waals surface area contributed by atoms with Gasteiger partial charge in [-0.1, -0.05) is 48.5 Å². The summed E-state index contributed by atoms with van der Waals surface area (Å²) in [5.41, 5.74) is 5.91. The summed E-state index contributed by atoms with van der Waals surface area (Å²) in [6.07, 6.45) is 0.757. The number of amides is 1. The summed E-state index contributed by atoms with van der Waals surface area (Å²) in [6.45, 7) is 10.00. The van der Waals surface area contributed by atoms with Gasteiger partial charge < -0.3 is 10.0 Å². The van der Waals surface area contributed by atoms with Crippen molar-refractivity contribution in [3.05, 3.63) is 106 Å². The molecule has 0 saturated heterocycles. The minimum Gasteiger partial charge on any atom is -0.503 e. The molecule has 0 saturated carbocycles. The predicted octanol–water partition coefficient (Wildman–Crippen LogP) is 6.25. The Hall–Kier alpha value is -3.86. The molecule has 1 atom stereocenters. The molecule has 1 unspecified atom stereocenters. The Morgan fingerprint density at radius 1 is 0.917 bits per heavy atom. The highest BCUT2D eigenvalue weighted by molar-refractivity contribution is 6.16. The molecule has 5 nitrogen and oxygen atoms in total. The lowest BCUT2D eigenvalue weighted by Crippen LogP contribution is -2.31. The van der Waals surface area contributed by atoms with Crippen LogP contribution in [0.4, 0.5) is 11.4 Å². The highest BCUT2D eigenvalue weighted by Gasteiger charge is 2.44. The smallest absolute Gasteiger partial charge is 0.294 e. The van der Waals surface area contributed by atoms with Gasteiger partial charge in [0.1, 0.15) is 0 Å². The molecule has 1 amide bonds. The second-order valence-corrected chi connectivity index (χ2v) is 9.28. The maximum absolute atomic E-state index is 13.5.